The number of hydrogen-bond donors (Lipinski definition) is 2. The van der Waals surface area contributed by atoms with E-state index in [1.165, 1.54) is 12.1 Å². The number of imidazole rings is 1. The van der Waals surface area contributed by atoms with Crippen LogP contribution in [-0.2, 0) is 10.9 Å². The number of anilines is 2. The number of halogens is 3. The van der Waals surface area contributed by atoms with Crippen LogP contribution in [0.15, 0.2) is 40.5 Å². The molecule has 0 aliphatic carbocycles. The van der Waals surface area contributed by atoms with Crippen LogP contribution in [0.25, 0.3) is 5.65 Å². The van der Waals surface area contributed by atoms with Crippen LogP contribution in [0.2, 0.25) is 0 Å². The number of rotatable bonds is 3. The molecule has 2 aliphatic heterocycles. The Balaban J connectivity index is 1.46. The number of alkyl halides is 3. The largest absolute Gasteiger partial charge is 0.434 e. The van der Waals surface area contributed by atoms with Gasteiger partial charge in [0, 0.05) is 48.0 Å². The first-order valence-electron chi connectivity index (χ1n) is 10.6. The van der Waals surface area contributed by atoms with Crippen LogP contribution in [0.5, 0.6) is 0 Å². The van der Waals surface area contributed by atoms with Crippen molar-refractivity contribution in [2.75, 3.05) is 30.3 Å². The predicted molar refractivity (Wildman–Crippen MR) is 118 cm³/mol. The fourth-order valence-corrected chi connectivity index (χ4v) is 5.73. The second-order valence-corrected chi connectivity index (χ2v) is 9.64. The van der Waals surface area contributed by atoms with Crippen LogP contribution in [-0.4, -0.2) is 51.2 Å². The molecule has 2 fully saturated rings. The van der Waals surface area contributed by atoms with E-state index in [-0.39, 0.29) is 28.3 Å². The van der Waals surface area contributed by atoms with E-state index in [1.54, 1.807) is 16.8 Å². The Hall–Kier alpha value is -2.57. The number of hydrogen-bond acceptors (Lipinski definition) is 8. The van der Waals surface area contributed by atoms with Crippen molar-refractivity contribution in [1.29, 1.82) is 0 Å². The van der Waals surface area contributed by atoms with Gasteiger partial charge in [-0.1, -0.05) is 11.8 Å². The maximum atomic E-state index is 13.4. The van der Waals surface area contributed by atoms with E-state index in [4.69, 9.17) is 16.2 Å². The van der Waals surface area contributed by atoms with E-state index in [0.717, 1.165) is 43.9 Å². The molecule has 4 N–H and O–H groups in total. The molecule has 5 rings (SSSR count). The third kappa shape index (κ3) is 3.79. The fraction of sp³-hybridized carbons (Fsp3) is 0.476. The summed E-state index contributed by atoms with van der Waals surface area (Å²) >= 11 is 0.868. The first-order chi connectivity index (χ1) is 15.7. The molecule has 0 amide bonds. The molecule has 1 spiro atoms. The summed E-state index contributed by atoms with van der Waals surface area (Å²) in [5.74, 6) is 0.738. The van der Waals surface area contributed by atoms with Crippen LogP contribution in [0.1, 0.15) is 25.5 Å². The minimum atomic E-state index is -4.58. The minimum Gasteiger partial charge on any atom is -0.383 e. The van der Waals surface area contributed by atoms with Crippen molar-refractivity contribution in [2.45, 2.75) is 47.9 Å². The quantitative estimate of drug-likeness (QED) is 0.590. The number of pyridine rings is 1. The third-order valence-corrected chi connectivity index (χ3v) is 7.80. The van der Waals surface area contributed by atoms with Crippen LogP contribution in [0.3, 0.4) is 0 Å². The van der Waals surface area contributed by atoms with E-state index in [1.807, 2.05) is 6.92 Å². The smallest absolute Gasteiger partial charge is 0.383 e. The van der Waals surface area contributed by atoms with Crippen LogP contribution in [0.4, 0.5) is 24.9 Å². The standard InChI is InChI=1S/C21H24F3N7OS/c1-12-15(25)20(11-32-12)4-8-30(9-5-20)19-29-17(26)14(18-28-7-10-31(18)19)33-13-3-2-6-27-16(13)21(22,23)24/h2-3,6-7,10,12,15H,4-5,8-9,11,25-26H2,1H3/t12-,15+/m0/s1. The molecule has 2 atom stereocenters. The third-order valence-electron chi connectivity index (χ3n) is 6.65. The monoisotopic (exact) mass is 479 g/mol. The Morgan fingerprint density at radius 2 is 1.97 bits per heavy atom. The van der Waals surface area contributed by atoms with Crippen LogP contribution in [0, 0.1) is 5.41 Å². The summed E-state index contributed by atoms with van der Waals surface area (Å²) in [5, 5.41) is 0. The van der Waals surface area contributed by atoms with Gasteiger partial charge in [0.15, 0.2) is 11.3 Å². The molecule has 3 aromatic rings. The highest BCUT2D eigenvalue weighted by Gasteiger charge is 2.48. The molecule has 176 valence electrons. The summed E-state index contributed by atoms with van der Waals surface area (Å²) in [5.41, 5.74) is 12.1. The predicted octanol–water partition coefficient (Wildman–Crippen LogP) is 3.21. The average molecular weight is 480 g/mol. The lowest BCUT2D eigenvalue weighted by atomic mass is 9.73. The highest BCUT2D eigenvalue weighted by atomic mass is 32.2. The molecule has 3 aromatic heterocycles. The molecule has 12 heteroatoms. The van der Waals surface area contributed by atoms with Gasteiger partial charge in [-0.25, -0.2) is 4.98 Å². The lowest BCUT2D eigenvalue weighted by Crippen LogP contribution is -2.51. The summed E-state index contributed by atoms with van der Waals surface area (Å²) in [6, 6.07) is 2.82. The number of nitrogens with zero attached hydrogens (tertiary/aromatic N) is 5. The molecule has 0 bridgehead atoms. The molecule has 0 radical (unpaired) electrons. The highest BCUT2D eigenvalue weighted by molar-refractivity contribution is 7.99. The van der Waals surface area contributed by atoms with Crippen molar-refractivity contribution in [3.63, 3.8) is 0 Å². The first kappa shape index (κ1) is 22.2. The maximum absolute atomic E-state index is 13.4. The Morgan fingerprint density at radius 3 is 2.64 bits per heavy atom. The molecule has 8 nitrogen and oxygen atoms in total. The zero-order valence-electron chi connectivity index (χ0n) is 17.9. The topological polar surface area (TPSA) is 108 Å². The SMILES string of the molecule is C[C@@H]1OCC2(CCN(c3nc(N)c(Sc4cccnc4C(F)(F)F)c4nccn34)CC2)[C@@H]1N. The van der Waals surface area contributed by atoms with Gasteiger partial charge in [-0.2, -0.15) is 18.2 Å². The Morgan fingerprint density at radius 1 is 1.21 bits per heavy atom. The number of ether oxygens (including phenoxy) is 1. The number of fused-ring (bicyclic) bond motifs is 1. The van der Waals surface area contributed by atoms with Gasteiger partial charge in [0.1, 0.15) is 5.82 Å². The molecule has 5 heterocycles. The number of piperidine rings is 1. The Kier molecular flexibility index (Phi) is 5.41. The van der Waals surface area contributed by atoms with Gasteiger partial charge >= 0.3 is 6.18 Å². The number of aromatic nitrogens is 4. The molecule has 2 saturated heterocycles. The van der Waals surface area contributed by atoms with Crippen molar-refractivity contribution in [1.82, 2.24) is 19.4 Å². The molecule has 33 heavy (non-hydrogen) atoms. The van der Waals surface area contributed by atoms with Crippen molar-refractivity contribution >= 4 is 29.2 Å². The summed E-state index contributed by atoms with van der Waals surface area (Å²) in [4.78, 5) is 14.9. The van der Waals surface area contributed by atoms with E-state index in [2.05, 4.69) is 19.9 Å². The average Bonchev–Trinajstić information content (AvgIpc) is 3.38. The van der Waals surface area contributed by atoms with E-state index < -0.39 is 11.9 Å². The second kappa shape index (κ2) is 8.03. The van der Waals surface area contributed by atoms with Crippen molar-refractivity contribution in [3.05, 3.63) is 36.4 Å². The van der Waals surface area contributed by atoms with Crippen molar-refractivity contribution < 1.29 is 17.9 Å². The van der Waals surface area contributed by atoms with Gasteiger partial charge in [0.2, 0.25) is 5.95 Å². The highest BCUT2D eigenvalue weighted by Crippen LogP contribution is 2.44. The molecule has 0 aromatic carbocycles. The fourth-order valence-electron chi connectivity index (χ4n) is 4.70. The summed E-state index contributed by atoms with van der Waals surface area (Å²) < 4.78 is 47.8. The zero-order chi connectivity index (χ0) is 23.4. The van der Waals surface area contributed by atoms with Gasteiger partial charge in [0.25, 0.3) is 0 Å². The lowest BCUT2D eigenvalue weighted by molar-refractivity contribution is -0.143. The summed E-state index contributed by atoms with van der Waals surface area (Å²) in [7, 11) is 0. The molecule has 2 aliphatic rings. The van der Waals surface area contributed by atoms with Gasteiger partial charge in [0.05, 0.1) is 17.6 Å². The molecular weight excluding hydrogens is 455 g/mol. The maximum Gasteiger partial charge on any atom is 0.434 e. The van der Waals surface area contributed by atoms with E-state index in [9.17, 15) is 13.2 Å². The zero-order valence-corrected chi connectivity index (χ0v) is 18.7. The normalized spacial score (nSPS) is 23.0. The molecule has 0 unspecified atom stereocenters. The van der Waals surface area contributed by atoms with Gasteiger partial charge in [-0.15, -0.1) is 0 Å². The van der Waals surface area contributed by atoms with E-state index in [0.29, 0.717) is 23.1 Å². The summed E-state index contributed by atoms with van der Waals surface area (Å²) in [6.07, 6.45) is 1.63. The first-order valence-corrected chi connectivity index (χ1v) is 11.5. The van der Waals surface area contributed by atoms with E-state index >= 15 is 0 Å². The Labute approximate surface area is 192 Å². The lowest BCUT2D eigenvalue weighted by Gasteiger charge is -2.41. The van der Waals surface area contributed by atoms with Crippen LogP contribution < -0.4 is 16.4 Å². The van der Waals surface area contributed by atoms with Crippen molar-refractivity contribution in [2.24, 2.45) is 11.1 Å². The van der Waals surface area contributed by atoms with Gasteiger partial charge in [-0.05, 0) is 31.9 Å². The molecular formula is C21H24F3N7OS. The number of nitrogen functional groups attached to an aromatic ring is 1. The van der Waals surface area contributed by atoms with Crippen LogP contribution >= 0.6 is 11.8 Å². The Bertz CT molecular complexity index is 1180. The minimum absolute atomic E-state index is 0.00738. The van der Waals surface area contributed by atoms with Gasteiger partial charge in [-0.3, -0.25) is 9.38 Å². The van der Waals surface area contributed by atoms with Crippen molar-refractivity contribution in [3.8, 4) is 0 Å². The second-order valence-electron chi connectivity index (χ2n) is 8.59. The summed E-state index contributed by atoms with van der Waals surface area (Å²) in [6.45, 7) is 4.10. The van der Waals surface area contributed by atoms with Gasteiger partial charge < -0.3 is 21.1 Å². The number of nitrogens with two attached hydrogens (primary N) is 2. The molecule has 0 saturated carbocycles.